The van der Waals surface area contributed by atoms with Crippen LogP contribution in [0.15, 0.2) is 36.4 Å². The van der Waals surface area contributed by atoms with E-state index in [-0.39, 0.29) is 36.1 Å². The molecule has 2 aromatic carbocycles. The van der Waals surface area contributed by atoms with Crippen LogP contribution in [0.3, 0.4) is 0 Å². The third-order valence-electron chi connectivity index (χ3n) is 6.96. The highest BCUT2D eigenvalue weighted by Gasteiger charge is 2.58. The summed E-state index contributed by atoms with van der Waals surface area (Å²) in [6.45, 7) is 4.06. The van der Waals surface area contributed by atoms with Gasteiger partial charge < -0.3 is 14.4 Å². The van der Waals surface area contributed by atoms with Crippen molar-refractivity contribution >= 4 is 35.0 Å². The first kappa shape index (κ1) is 21.0. The normalized spacial score (nSPS) is 22.4. The molecule has 1 fully saturated rings. The summed E-state index contributed by atoms with van der Waals surface area (Å²) in [5.41, 5.74) is 1.28. The van der Waals surface area contributed by atoms with Gasteiger partial charge in [0.25, 0.3) is 5.69 Å². The second-order valence-electron chi connectivity index (χ2n) is 8.96. The van der Waals surface area contributed by atoms with Gasteiger partial charge in [-0.25, -0.2) is 0 Å². The van der Waals surface area contributed by atoms with Crippen molar-refractivity contribution in [3.8, 4) is 11.5 Å². The molecule has 0 aliphatic carbocycles. The minimum Gasteiger partial charge on any atom is -0.493 e. The maximum absolute atomic E-state index is 12.3. The fourth-order valence-corrected chi connectivity index (χ4v) is 5.12. The molecular formula is C24H23N3O6. The van der Waals surface area contributed by atoms with Crippen LogP contribution in [0.5, 0.6) is 11.5 Å². The highest BCUT2D eigenvalue weighted by molar-refractivity contribution is 6.20. The molecule has 0 N–H and O–H groups in total. The van der Waals surface area contributed by atoms with Crippen molar-refractivity contribution in [1.82, 2.24) is 0 Å². The number of amides is 2. The lowest BCUT2D eigenvalue weighted by molar-refractivity contribution is -0.385. The molecule has 0 saturated carbocycles. The molecule has 170 valence electrons. The lowest BCUT2D eigenvalue weighted by Crippen LogP contribution is -2.58. The fraction of sp³-hybridized carbons (Fsp3) is 0.333. The van der Waals surface area contributed by atoms with Gasteiger partial charge in [-0.2, -0.15) is 0 Å². The molecule has 0 aromatic heterocycles. The van der Waals surface area contributed by atoms with E-state index in [4.69, 9.17) is 9.47 Å². The number of rotatable bonds is 3. The number of nitro groups is 1. The number of fused-ring (bicyclic) bond motifs is 2. The molecule has 3 aliphatic heterocycles. The van der Waals surface area contributed by atoms with Gasteiger partial charge in [0.15, 0.2) is 11.5 Å². The van der Waals surface area contributed by atoms with E-state index in [1.807, 2.05) is 50.1 Å². The van der Waals surface area contributed by atoms with Crippen LogP contribution >= 0.6 is 0 Å². The van der Waals surface area contributed by atoms with Crippen molar-refractivity contribution < 1.29 is 24.0 Å². The molecule has 9 heteroatoms. The van der Waals surface area contributed by atoms with Gasteiger partial charge in [-0.05, 0) is 49.8 Å². The molecule has 3 heterocycles. The van der Waals surface area contributed by atoms with E-state index in [2.05, 4.69) is 0 Å². The van der Waals surface area contributed by atoms with Gasteiger partial charge >= 0.3 is 0 Å². The van der Waals surface area contributed by atoms with Crippen LogP contribution < -0.4 is 19.3 Å². The van der Waals surface area contributed by atoms with Gasteiger partial charge in [0.2, 0.25) is 17.5 Å². The number of nitro benzene ring substituents is 1. The number of carbonyl (C=O) groups excluding carboxylic acids is 2. The summed E-state index contributed by atoms with van der Waals surface area (Å²) in [5, 5.41) is 11.3. The number of anilines is 2. The molecule has 0 bridgehead atoms. The van der Waals surface area contributed by atoms with Crippen LogP contribution in [0.1, 0.15) is 37.8 Å². The number of likely N-dealkylation sites (N-methyl/N-ethyl adjacent to an activating group) is 1. The van der Waals surface area contributed by atoms with Gasteiger partial charge in [0, 0.05) is 37.2 Å². The molecule has 3 aliphatic rings. The number of hydrogen-bond acceptors (Lipinski definition) is 7. The van der Waals surface area contributed by atoms with Crippen LogP contribution in [0.2, 0.25) is 0 Å². The number of nitrogens with zero attached hydrogens (tertiary/aromatic N) is 3. The minimum atomic E-state index is -0.955. The predicted molar refractivity (Wildman–Crippen MR) is 122 cm³/mol. The van der Waals surface area contributed by atoms with Gasteiger partial charge in [0.1, 0.15) is 0 Å². The summed E-state index contributed by atoms with van der Waals surface area (Å²) in [5.74, 6) is 0.293. The fourth-order valence-electron chi connectivity index (χ4n) is 5.12. The second-order valence-corrected chi connectivity index (χ2v) is 8.96. The molecule has 9 nitrogen and oxygen atoms in total. The van der Waals surface area contributed by atoms with Crippen molar-refractivity contribution in [2.45, 2.75) is 37.8 Å². The zero-order chi connectivity index (χ0) is 23.7. The lowest BCUT2D eigenvalue weighted by Gasteiger charge is -2.45. The highest BCUT2D eigenvalue weighted by Crippen LogP contribution is 2.56. The lowest BCUT2D eigenvalue weighted by atomic mass is 9.76. The number of ether oxygens (including phenoxy) is 2. The molecule has 1 saturated heterocycles. The Morgan fingerprint density at radius 2 is 1.82 bits per heavy atom. The first-order chi connectivity index (χ1) is 15.6. The average molecular weight is 449 g/mol. The van der Waals surface area contributed by atoms with Gasteiger partial charge in [-0.3, -0.25) is 24.6 Å². The van der Waals surface area contributed by atoms with Crippen molar-refractivity contribution in [3.05, 3.63) is 57.6 Å². The predicted octanol–water partition coefficient (Wildman–Crippen LogP) is 3.79. The maximum Gasteiger partial charge on any atom is 0.274 e. The third kappa shape index (κ3) is 2.71. The Labute approximate surface area is 190 Å². The first-order valence-corrected chi connectivity index (χ1v) is 10.6. The second kappa shape index (κ2) is 6.81. The number of benzene rings is 2. The summed E-state index contributed by atoms with van der Waals surface area (Å²) in [6.07, 6.45) is 4.15. The Balaban J connectivity index is 1.62. The smallest absolute Gasteiger partial charge is 0.274 e. The van der Waals surface area contributed by atoms with Crippen LogP contribution in [-0.4, -0.2) is 36.6 Å². The molecule has 0 radical (unpaired) electrons. The SMILES string of the molecule is COc1cc([N+](=O)[O-])cc2c1OC1(C=C2)N(C)c2ccc(N3C(=O)CCC3=O)cc2C1(C)C. The Bertz CT molecular complexity index is 1250. The average Bonchev–Trinajstić information content (AvgIpc) is 3.20. The summed E-state index contributed by atoms with van der Waals surface area (Å²) >= 11 is 0. The van der Waals surface area contributed by atoms with Gasteiger partial charge in [0.05, 0.1) is 29.2 Å². The number of hydrogen-bond donors (Lipinski definition) is 0. The summed E-state index contributed by atoms with van der Waals surface area (Å²) in [6, 6.07) is 8.35. The van der Waals surface area contributed by atoms with Crippen LogP contribution in [0, 0.1) is 10.1 Å². The quantitative estimate of drug-likeness (QED) is 0.399. The van der Waals surface area contributed by atoms with Crippen molar-refractivity contribution in [2.24, 2.45) is 0 Å². The summed E-state index contributed by atoms with van der Waals surface area (Å²) < 4.78 is 12.0. The van der Waals surface area contributed by atoms with Crippen molar-refractivity contribution in [2.75, 3.05) is 24.0 Å². The Morgan fingerprint density at radius 3 is 2.45 bits per heavy atom. The monoisotopic (exact) mass is 449 g/mol. The van der Waals surface area contributed by atoms with Crippen molar-refractivity contribution in [3.63, 3.8) is 0 Å². The van der Waals surface area contributed by atoms with E-state index < -0.39 is 16.1 Å². The molecule has 1 unspecified atom stereocenters. The summed E-state index contributed by atoms with van der Waals surface area (Å²) in [7, 11) is 3.36. The number of carbonyl (C=O) groups is 2. The zero-order valence-corrected chi connectivity index (χ0v) is 18.7. The van der Waals surface area contributed by atoms with Crippen LogP contribution in [-0.2, 0) is 15.0 Å². The molecule has 1 atom stereocenters. The molecule has 1 spiro atoms. The van der Waals surface area contributed by atoms with E-state index in [0.717, 1.165) is 11.3 Å². The van der Waals surface area contributed by atoms with Crippen molar-refractivity contribution in [1.29, 1.82) is 0 Å². The summed E-state index contributed by atoms with van der Waals surface area (Å²) in [4.78, 5) is 38.7. The largest absolute Gasteiger partial charge is 0.493 e. The van der Waals surface area contributed by atoms with E-state index in [1.54, 1.807) is 6.07 Å². The maximum atomic E-state index is 12.3. The first-order valence-electron chi connectivity index (χ1n) is 10.6. The minimum absolute atomic E-state index is 0.0817. The van der Waals surface area contributed by atoms with Gasteiger partial charge in [-0.15, -0.1) is 0 Å². The molecule has 2 amide bonds. The van der Waals surface area contributed by atoms with Crippen LogP contribution in [0.25, 0.3) is 6.08 Å². The number of non-ortho nitro benzene ring substituents is 1. The Hall–Kier alpha value is -3.88. The highest BCUT2D eigenvalue weighted by atomic mass is 16.6. The van der Waals surface area contributed by atoms with E-state index >= 15 is 0 Å². The van der Waals surface area contributed by atoms with E-state index in [9.17, 15) is 19.7 Å². The Morgan fingerprint density at radius 1 is 1.12 bits per heavy atom. The third-order valence-corrected chi connectivity index (χ3v) is 6.96. The van der Waals surface area contributed by atoms with Gasteiger partial charge in [-0.1, -0.05) is 0 Å². The number of methoxy groups -OCH3 is 1. The van der Waals surface area contributed by atoms with E-state index in [1.165, 1.54) is 24.1 Å². The number of imide groups is 1. The Kier molecular flexibility index (Phi) is 4.33. The van der Waals surface area contributed by atoms with Crippen LogP contribution in [0.4, 0.5) is 17.1 Å². The zero-order valence-electron chi connectivity index (χ0n) is 18.7. The molecular weight excluding hydrogens is 426 g/mol. The standard InChI is InChI=1S/C24H23N3O6/c1-23(2)17-12-15(26-20(28)7-8-21(26)29)5-6-18(17)25(3)24(23)10-9-14-11-16(27(30)31)13-19(32-4)22(14)33-24/h5-6,9-13H,7-8H2,1-4H3. The van der Waals surface area contributed by atoms with E-state index in [0.29, 0.717) is 17.0 Å². The molecule has 33 heavy (non-hydrogen) atoms. The topological polar surface area (TPSA) is 102 Å². The molecule has 2 aromatic rings. The molecule has 5 rings (SSSR count).